The number of primary amides is 1. The van der Waals surface area contributed by atoms with E-state index in [2.05, 4.69) is 0 Å². The van der Waals surface area contributed by atoms with E-state index in [0.717, 1.165) is 6.07 Å². The van der Waals surface area contributed by atoms with Gasteiger partial charge in [-0.15, -0.1) is 0 Å². The third-order valence-electron chi connectivity index (χ3n) is 2.22. The minimum absolute atomic E-state index is 0.147. The normalized spacial score (nSPS) is 10.3. The number of carbonyl (C=O) groups excluding carboxylic acids is 1. The predicted molar refractivity (Wildman–Crippen MR) is 57.6 cm³/mol. The molecule has 2 aromatic rings. The van der Waals surface area contributed by atoms with Gasteiger partial charge in [0.05, 0.1) is 12.7 Å². The minimum Gasteiger partial charge on any atom is -0.497 e. The molecule has 0 saturated heterocycles. The number of hydrogen-bond donors (Lipinski definition) is 1. The standard InChI is InChI=1S/C11H9NO4/c1-15-6-2-3-7-8(11(12)14)5-10(13)16-9(7)4-6/h2-5H,1H3,(H2,12,14). The first-order chi connectivity index (χ1) is 7.61. The third-order valence-corrected chi connectivity index (χ3v) is 2.22. The van der Waals surface area contributed by atoms with Crippen LogP contribution in [0, 0.1) is 0 Å². The summed E-state index contributed by atoms with van der Waals surface area (Å²) in [6.07, 6.45) is 0. The molecule has 0 aliphatic rings. The molecule has 1 aromatic carbocycles. The SMILES string of the molecule is COc1ccc2c(C(N)=O)cc(=O)oc2c1. The van der Waals surface area contributed by atoms with Crippen LogP contribution in [0.2, 0.25) is 0 Å². The van der Waals surface area contributed by atoms with E-state index < -0.39 is 11.5 Å². The van der Waals surface area contributed by atoms with Crippen molar-refractivity contribution in [1.82, 2.24) is 0 Å². The van der Waals surface area contributed by atoms with Crippen LogP contribution < -0.4 is 16.1 Å². The van der Waals surface area contributed by atoms with E-state index in [1.165, 1.54) is 13.2 Å². The van der Waals surface area contributed by atoms with E-state index in [1.807, 2.05) is 0 Å². The highest BCUT2D eigenvalue weighted by Gasteiger charge is 2.10. The summed E-state index contributed by atoms with van der Waals surface area (Å²) in [6, 6.07) is 5.90. The average molecular weight is 219 g/mol. The number of fused-ring (bicyclic) bond motifs is 1. The van der Waals surface area contributed by atoms with Gasteiger partial charge in [-0.05, 0) is 12.1 Å². The zero-order valence-corrected chi connectivity index (χ0v) is 8.52. The molecule has 1 heterocycles. The van der Waals surface area contributed by atoms with Gasteiger partial charge in [0.15, 0.2) is 0 Å². The average Bonchev–Trinajstić information content (AvgIpc) is 2.26. The molecule has 0 saturated carbocycles. The van der Waals surface area contributed by atoms with Gasteiger partial charge in [-0.3, -0.25) is 4.79 Å². The predicted octanol–water partition coefficient (Wildman–Crippen LogP) is 0.901. The lowest BCUT2D eigenvalue weighted by Gasteiger charge is -2.03. The summed E-state index contributed by atoms with van der Waals surface area (Å²) in [5, 5.41) is 0.493. The molecule has 1 aromatic heterocycles. The number of ether oxygens (including phenoxy) is 1. The topological polar surface area (TPSA) is 82.5 Å². The van der Waals surface area contributed by atoms with Gasteiger partial charge in [0, 0.05) is 17.5 Å². The van der Waals surface area contributed by atoms with E-state index in [9.17, 15) is 9.59 Å². The number of hydrogen-bond acceptors (Lipinski definition) is 4. The van der Waals surface area contributed by atoms with Gasteiger partial charge in [-0.1, -0.05) is 0 Å². The molecule has 16 heavy (non-hydrogen) atoms. The summed E-state index contributed by atoms with van der Waals surface area (Å²) in [7, 11) is 1.50. The number of nitrogens with two attached hydrogens (primary N) is 1. The van der Waals surface area contributed by atoms with E-state index in [-0.39, 0.29) is 11.1 Å². The molecule has 0 aliphatic heterocycles. The Bertz CT molecular complexity index is 615. The fraction of sp³-hybridized carbons (Fsp3) is 0.0909. The van der Waals surface area contributed by atoms with Crippen molar-refractivity contribution in [2.24, 2.45) is 5.73 Å². The van der Waals surface area contributed by atoms with E-state index in [1.54, 1.807) is 12.1 Å². The molecule has 0 spiro atoms. The molecule has 0 unspecified atom stereocenters. The fourth-order valence-electron chi connectivity index (χ4n) is 1.47. The van der Waals surface area contributed by atoms with Crippen molar-refractivity contribution in [3.05, 3.63) is 40.2 Å². The molecule has 2 N–H and O–H groups in total. The van der Waals surface area contributed by atoms with E-state index in [4.69, 9.17) is 14.9 Å². The van der Waals surface area contributed by atoms with E-state index in [0.29, 0.717) is 11.1 Å². The Labute approximate surface area is 90.4 Å². The van der Waals surface area contributed by atoms with Crippen LogP contribution in [-0.4, -0.2) is 13.0 Å². The highest BCUT2D eigenvalue weighted by Crippen LogP contribution is 2.21. The second kappa shape index (κ2) is 3.69. The Hall–Kier alpha value is -2.30. The summed E-state index contributed by atoms with van der Waals surface area (Å²) in [5.41, 5.74) is 4.98. The van der Waals surface area contributed by atoms with Crippen molar-refractivity contribution in [2.45, 2.75) is 0 Å². The quantitative estimate of drug-likeness (QED) is 0.760. The largest absolute Gasteiger partial charge is 0.497 e. The summed E-state index contributed by atoms with van der Waals surface area (Å²) < 4.78 is 9.94. The molecule has 0 atom stereocenters. The maximum absolute atomic E-state index is 11.2. The molecular formula is C11H9NO4. The first-order valence-corrected chi connectivity index (χ1v) is 4.53. The molecule has 0 radical (unpaired) electrons. The molecule has 0 bridgehead atoms. The molecule has 5 heteroatoms. The van der Waals surface area contributed by atoms with Crippen LogP contribution in [0.25, 0.3) is 11.0 Å². The van der Waals surface area contributed by atoms with Gasteiger partial charge in [0.25, 0.3) is 0 Å². The smallest absolute Gasteiger partial charge is 0.337 e. The van der Waals surface area contributed by atoms with E-state index >= 15 is 0 Å². The number of methoxy groups -OCH3 is 1. The van der Waals surface area contributed by atoms with Crippen molar-refractivity contribution in [1.29, 1.82) is 0 Å². The van der Waals surface area contributed by atoms with Crippen LogP contribution in [0.15, 0.2) is 33.5 Å². The van der Waals surface area contributed by atoms with Crippen molar-refractivity contribution < 1.29 is 13.9 Å². The molecule has 82 valence electrons. The second-order valence-electron chi connectivity index (χ2n) is 3.21. The van der Waals surface area contributed by atoms with Crippen molar-refractivity contribution >= 4 is 16.9 Å². The molecule has 5 nitrogen and oxygen atoms in total. The maximum Gasteiger partial charge on any atom is 0.337 e. The zero-order chi connectivity index (χ0) is 11.7. The lowest BCUT2D eigenvalue weighted by molar-refractivity contribution is 0.100. The Morgan fingerprint density at radius 2 is 2.12 bits per heavy atom. The Kier molecular flexibility index (Phi) is 2.36. The number of rotatable bonds is 2. The number of amides is 1. The molecule has 0 aliphatic carbocycles. The Balaban J connectivity index is 2.83. The van der Waals surface area contributed by atoms with Crippen LogP contribution in [0.4, 0.5) is 0 Å². The number of carbonyl (C=O) groups is 1. The van der Waals surface area contributed by atoms with Gasteiger partial charge in [-0.25, -0.2) is 4.79 Å². The highest BCUT2D eigenvalue weighted by atomic mass is 16.5. The summed E-state index contributed by atoms with van der Waals surface area (Å²) in [5.74, 6) is -0.125. The Morgan fingerprint density at radius 3 is 2.75 bits per heavy atom. The third kappa shape index (κ3) is 1.63. The first-order valence-electron chi connectivity index (χ1n) is 4.53. The second-order valence-corrected chi connectivity index (χ2v) is 3.21. The van der Waals surface area contributed by atoms with Gasteiger partial charge in [-0.2, -0.15) is 0 Å². The zero-order valence-electron chi connectivity index (χ0n) is 8.52. The molecule has 2 rings (SSSR count). The minimum atomic E-state index is -0.664. The van der Waals surface area contributed by atoms with Gasteiger partial charge < -0.3 is 14.9 Å². The number of benzene rings is 1. The van der Waals surface area contributed by atoms with Gasteiger partial charge in [0.1, 0.15) is 11.3 Å². The lowest BCUT2D eigenvalue weighted by Crippen LogP contribution is -2.14. The van der Waals surface area contributed by atoms with Crippen LogP contribution in [0.1, 0.15) is 10.4 Å². The van der Waals surface area contributed by atoms with Gasteiger partial charge >= 0.3 is 5.63 Å². The monoisotopic (exact) mass is 219 g/mol. The first kappa shape index (κ1) is 10.2. The molecule has 0 fully saturated rings. The van der Waals surface area contributed by atoms with Crippen LogP contribution >= 0.6 is 0 Å². The lowest BCUT2D eigenvalue weighted by atomic mass is 10.1. The van der Waals surface area contributed by atoms with Crippen molar-refractivity contribution in [3.8, 4) is 5.75 Å². The highest BCUT2D eigenvalue weighted by molar-refractivity contribution is 6.04. The van der Waals surface area contributed by atoms with Crippen molar-refractivity contribution in [2.75, 3.05) is 7.11 Å². The van der Waals surface area contributed by atoms with Crippen molar-refractivity contribution in [3.63, 3.8) is 0 Å². The van der Waals surface area contributed by atoms with Crippen LogP contribution in [-0.2, 0) is 0 Å². The van der Waals surface area contributed by atoms with Crippen LogP contribution in [0.5, 0.6) is 5.75 Å². The molecule has 1 amide bonds. The van der Waals surface area contributed by atoms with Gasteiger partial charge in [0.2, 0.25) is 5.91 Å². The summed E-state index contributed by atoms with van der Waals surface area (Å²) >= 11 is 0. The summed E-state index contributed by atoms with van der Waals surface area (Å²) in [6.45, 7) is 0. The fourth-order valence-corrected chi connectivity index (χ4v) is 1.47. The Morgan fingerprint density at radius 1 is 1.38 bits per heavy atom. The maximum atomic E-state index is 11.2. The summed E-state index contributed by atoms with van der Waals surface area (Å²) in [4.78, 5) is 22.3. The molecular weight excluding hydrogens is 210 g/mol. The van der Waals surface area contributed by atoms with Crippen LogP contribution in [0.3, 0.4) is 0 Å².